The zero-order valence-electron chi connectivity index (χ0n) is 14.6. The van der Waals surface area contributed by atoms with Gasteiger partial charge in [0.1, 0.15) is 5.60 Å². The van der Waals surface area contributed by atoms with Crippen LogP contribution in [0.5, 0.6) is 0 Å². The van der Waals surface area contributed by atoms with Crippen molar-refractivity contribution in [3.05, 3.63) is 35.9 Å². The van der Waals surface area contributed by atoms with E-state index in [2.05, 4.69) is 34.9 Å². The standard InChI is InChI=1S/C19H30N2O2/c1-19(2,3)23-18(22)21-14-16-10-7-11-17(16)20-13-12-15-8-5-4-6-9-15/h4-6,8-9,16-17,20H,7,10-14H2,1-3H3,(H,21,22). The molecule has 0 bridgehead atoms. The van der Waals surface area contributed by atoms with Crippen molar-refractivity contribution in [3.63, 3.8) is 0 Å². The van der Waals surface area contributed by atoms with Crippen molar-refractivity contribution in [2.75, 3.05) is 13.1 Å². The van der Waals surface area contributed by atoms with Crippen LogP contribution in [0.1, 0.15) is 45.6 Å². The van der Waals surface area contributed by atoms with Gasteiger partial charge in [-0.25, -0.2) is 4.79 Å². The largest absolute Gasteiger partial charge is 0.444 e. The minimum Gasteiger partial charge on any atom is -0.444 e. The first kappa shape index (κ1) is 17.8. The Labute approximate surface area is 140 Å². The third-order valence-corrected chi connectivity index (χ3v) is 4.23. The summed E-state index contributed by atoms with van der Waals surface area (Å²) >= 11 is 0. The Morgan fingerprint density at radius 2 is 1.96 bits per heavy atom. The van der Waals surface area contributed by atoms with Gasteiger partial charge in [-0.1, -0.05) is 36.8 Å². The summed E-state index contributed by atoms with van der Waals surface area (Å²) in [6.45, 7) is 7.33. The van der Waals surface area contributed by atoms with Crippen molar-refractivity contribution in [3.8, 4) is 0 Å². The van der Waals surface area contributed by atoms with Crippen molar-refractivity contribution in [1.82, 2.24) is 10.6 Å². The van der Waals surface area contributed by atoms with Crippen LogP contribution in [0.25, 0.3) is 0 Å². The second-order valence-electron chi connectivity index (χ2n) is 7.37. The fourth-order valence-electron chi connectivity index (χ4n) is 3.13. The third-order valence-electron chi connectivity index (χ3n) is 4.23. The fourth-order valence-corrected chi connectivity index (χ4v) is 3.13. The lowest BCUT2D eigenvalue weighted by molar-refractivity contribution is 0.0517. The Hall–Kier alpha value is -1.55. The lowest BCUT2D eigenvalue weighted by atomic mass is 10.0. The molecule has 0 spiro atoms. The van der Waals surface area contributed by atoms with Gasteiger partial charge in [0.25, 0.3) is 0 Å². The maximum Gasteiger partial charge on any atom is 0.407 e. The van der Waals surface area contributed by atoms with Gasteiger partial charge in [0, 0.05) is 12.6 Å². The first-order valence-electron chi connectivity index (χ1n) is 8.68. The molecule has 23 heavy (non-hydrogen) atoms. The highest BCUT2D eigenvalue weighted by Gasteiger charge is 2.27. The zero-order chi connectivity index (χ0) is 16.7. The summed E-state index contributed by atoms with van der Waals surface area (Å²) in [6, 6.07) is 11.0. The number of hydrogen-bond donors (Lipinski definition) is 2. The van der Waals surface area contributed by atoms with E-state index in [1.807, 2.05) is 26.8 Å². The van der Waals surface area contributed by atoms with Gasteiger partial charge in [-0.15, -0.1) is 0 Å². The molecule has 1 aliphatic carbocycles. The first-order valence-corrected chi connectivity index (χ1v) is 8.68. The molecule has 1 aliphatic rings. The van der Waals surface area contributed by atoms with Gasteiger partial charge in [-0.3, -0.25) is 0 Å². The van der Waals surface area contributed by atoms with Crippen molar-refractivity contribution >= 4 is 6.09 Å². The van der Waals surface area contributed by atoms with Crippen molar-refractivity contribution in [2.24, 2.45) is 5.92 Å². The second-order valence-corrected chi connectivity index (χ2v) is 7.37. The molecule has 0 heterocycles. The molecule has 2 rings (SSSR count). The van der Waals surface area contributed by atoms with E-state index in [1.54, 1.807) is 0 Å². The smallest absolute Gasteiger partial charge is 0.407 e. The molecule has 0 saturated heterocycles. The van der Waals surface area contributed by atoms with Crippen molar-refractivity contribution in [2.45, 2.75) is 58.1 Å². The normalized spacial score (nSPS) is 21.2. The zero-order valence-corrected chi connectivity index (χ0v) is 14.6. The van der Waals surface area contributed by atoms with E-state index in [9.17, 15) is 4.79 Å². The number of rotatable bonds is 6. The molecular formula is C19H30N2O2. The lowest BCUT2D eigenvalue weighted by Crippen LogP contribution is -2.41. The Morgan fingerprint density at radius 1 is 1.22 bits per heavy atom. The summed E-state index contributed by atoms with van der Waals surface area (Å²) in [5, 5.41) is 6.58. The van der Waals surface area contributed by atoms with Gasteiger partial charge in [-0.2, -0.15) is 0 Å². The number of benzene rings is 1. The van der Waals surface area contributed by atoms with Crippen molar-refractivity contribution in [1.29, 1.82) is 0 Å². The van der Waals surface area contributed by atoms with Gasteiger partial charge >= 0.3 is 6.09 Å². The van der Waals surface area contributed by atoms with E-state index in [4.69, 9.17) is 4.74 Å². The van der Waals surface area contributed by atoms with E-state index in [-0.39, 0.29) is 6.09 Å². The van der Waals surface area contributed by atoms with Gasteiger partial charge in [0.15, 0.2) is 0 Å². The van der Waals surface area contributed by atoms with Crippen LogP contribution in [0, 0.1) is 5.92 Å². The molecule has 4 heteroatoms. The molecular weight excluding hydrogens is 288 g/mol. The van der Waals surface area contributed by atoms with Crippen LogP contribution < -0.4 is 10.6 Å². The SMILES string of the molecule is CC(C)(C)OC(=O)NCC1CCCC1NCCc1ccccc1. The number of amides is 1. The maximum atomic E-state index is 11.8. The molecule has 1 amide bonds. The predicted octanol–water partition coefficient (Wildman–Crippen LogP) is 3.51. The molecule has 128 valence electrons. The quantitative estimate of drug-likeness (QED) is 0.844. The molecule has 2 N–H and O–H groups in total. The highest BCUT2D eigenvalue weighted by Crippen LogP contribution is 2.25. The van der Waals surface area contributed by atoms with E-state index >= 15 is 0 Å². The number of hydrogen-bond acceptors (Lipinski definition) is 3. The van der Waals surface area contributed by atoms with Gasteiger partial charge in [0.2, 0.25) is 0 Å². The minimum atomic E-state index is -0.437. The summed E-state index contributed by atoms with van der Waals surface area (Å²) < 4.78 is 5.30. The monoisotopic (exact) mass is 318 g/mol. The summed E-state index contributed by atoms with van der Waals surface area (Å²) in [5.74, 6) is 0.498. The highest BCUT2D eigenvalue weighted by atomic mass is 16.6. The topological polar surface area (TPSA) is 50.4 Å². The van der Waals surface area contributed by atoms with Crippen LogP contribution in [-0.2, 0) is 11.2 Å². The summed E-state index contributed by atoms with van der Waals surface area (Å²) in [6.07, 6.45) is 4.31. The molecule has 1 saturated carbocycles. The van der Waals surface area contributed by atoms with Crippen molar-refractivity contribution < 1.29 is 9.53 Å². The van der Waals surface area contributed by atoms with Crippen LogP contribution in [0.15, 0.2) is 30.3 Å². The average Bonchev–Trinajstić information content (AvgIpc) is 2.92. The van der Waals surface area contributed by atoms with E-state index in [0.717, 1.165) is 13.0 Å². The van der Waals surface area contributed by atoms with Crippen LogP contribution >= 0.6 is 0 Å². The number of carbonyl (C=O) groups is 1. The molecule has 0 radical (unpaired) electrons. The molecule has 2 atom stereocenters. The van der Waals surface area contributed by atoms with Gasteiger partial charge in [-0.05, 0) is 58.1 Å². The van der Waals surface area contributed by atoms with Gasteiger partial charge < -0.3 is 15.4 Å². The molecule has 2 unspecified atom stereocenters. The van der Waals surface area contributed by atoms with Crippen LogP contribution in [0.4, 0.5) is 4.79 Å². The second kappa shape index (κ2) is 8.34. The Bertz CT molecular complexity index is 482. The molecule has 4 nitrogen and oxygen atoms in total. The number of alkyl carbamates (subject to hydrolysis) is 1. The number of ether oxygens (including phenoxy) is 1. The first-order chi connectivity index (χ1) is 10.9. The summed E-state index contributed by atoms with van der Waals surface area (Å²) in [5.41, 5.74) is 0.925. The lowest BCUT2D eigenvalue weighted by Gasteiger charge is -2.23. The van der Waals surface area contributed by atoms with E-state index in [0.29, 0.717) is 18.5 Å². The van der Waals surface area contributed by atoms with Crippen LogP contribution in [-0.4, -0.2) is 30.8 Å². The molecule has 1 fully saturated rings. The van der Waals surface area contributed by atoms with Gasteiger partial charge in [0.05, 0.1) is 0 Å². The summed E-state index contributed by atoms with van der Waals surface area (Å²) in [7, 11) is 0. The molecule has 0 aromatic heterocycles. The van der Waals surface area contributed by atoms with E-state index < -0.39 is 5.60 Å². The Morgan fingerprint density at radius 3 is 2.65 bits per heavy atom. The molecule has 1 aromatic carbocycles. The van der Waals surface area contributed by atoms with Crippen LogP contribution in [0.3, 0.4) is 0 Å². The fraction of sp³-hybridized carbons (Fsp3) is 0.632. The average molecular weight is 318 g/mol. The number of carbonyl (C=O) groups excluding carboxylic acids is 1. The molecule has 0 aliphatic heterocycles. The van der Waals surface area contributed by atoms with Crippen LogP contribution in [0.2, 0.25) is 0 Å². The predicted molar refractivity (Wildman–Crippen MR) is 93.5 cm³/mol. The Balaban J connectivity index is 1.69. The Kier molecular flexibility index (Phi) is 6.46. The van der Waals surface area contributed by atoms with E-state index in [1.165, 1.54) is 24.8 Å². The maximum absolute atomic E-state index is 11.8. The molecule has 1 aromatic rings. The summed E-state index contributed by atoms with van der Waals surface area (Å²) in [4.78, 5) is 11.8. The highest BCUT2D eigenvalue weighted by molar-refractivity contribution is 5.67. The third kappa shape index (κ3) is 6.61. The minimum absolute atomic E-state index is 0.313. The number of nitrogens with one attached hydrogen (secondary N) is 2.